The number of halogens is 9. The van der Waals surface area contributed by atoms with Gasteiger partial charge in [0.1, 0.15) is 0 Å². The first-order valence-corrected chi connectivity index (χ1v) is 6.86. The maximum Gasteiger partial charge on any atom is 0.460 e. The minimum atomic E-state index is -7.51. The van der Waals surface area contributed by atoms with Crippen LogP contribution in [0.3, 0.4) is 0 Å². The largest absolute Gasteiger partial charge is 0.481 e. The first-order valence-electron chi connectivity index (χ1n) is 5.45. The van der Waals surface area contributed by atoms with Gasteiger partial charge in [0.25, 0.3) is 0 Å². The summed E-state index contributed by atoms with van der Waals surface area (Å²) in [6.07, 6.45) is -9.38. The van der Waals surface area contributed by atoms with Crippen LogP contribution in [0.5, 0.6) is 0 Å². The first kappa shape index (κ1) is 23.2. The second kappa shape index (κ2) is 6.85. The van der Waals surface area contributed by atoms with E-state index in [1.54, 1.807) is 0 Å². The van der Waals surface area contributed by atoms with Crippen LogP contribution in [-0.2, 0) is 24.0 Å². The van der Waals surface area contributed by atoms with Crippen molar-refractivity contribution >= 4 is 22.0 Å². The van der Waals surface area contributed by atoms with Crippen LogP contribution in [-0.4, -0.2) is 48.7 Å². The number of rotatable bonds is 8. The van der Waals surface area contributed by atoms with Gasteiger partial charge in [0.05, 0.1) is 6.42 Å². The van der Waals surface area contributed by atoms with Gasteiger partial charge in [-0.1, -0.05) is 0 Å². The molecule has 0 atom stereocenters. The van der Waals surface area contributed by atoms with E-state index in [0.717, 1.165) is 0 Å². The Balaban J connectivity index is 5.47. The van der Waals surface area contributed by atoms with Gasteiger partial charge in [-0.25, -0.2) is 5.48 Å². The van der Waals surface area contributed by atoms with Crippen LogP contribution in [0.15, 0.2) is 0 Å². The van der Waals surface area contributed by atoms with Crippen molar-refractivity contribution in [3.05, 3.63) is 0 Å². The van der Waals surface area contributed by atoms with Crippen molar-refractivity contribution < 1.29 is 66.9 Å². The Bertz CT molecular complexity index is 628. The smallest absolute Gasteiger partial charge is 0.460 e. The fourth-order valence-electron chi connectivity index (χ4n) is 0.943. The van der Waals surface area contributed by atoms with Crippen molar-refractivity contribution in [2.45, 2.75) is 36.1 Å². The molecular weight excluding hydrogens is 409 g/mol. The number of amides is 1. The van der Waals surface area contributed by atoms with Crippen molar-refractivity contribution in [2.24, 2.45) is 0 Å². The van der Waals surface area contributed by atoms with Gasteiger partial charge in [-0.3, -0.25) is 9.59 Å². The zero-order chi connectivity index (χ0) is 20.5. The molecule has 0 aromatic carbocycles. The van der Waals surface area contributed by atoms with Gasteiger partial charge in [0, 0.05) is 6.42 Å². The highest BCUT2D eigenvalue weighted by atomic mass is 32.2. The van der Waals surface area contributed by atoms with Gasteiger partial charge in [0.2, 0.25) is 5.91 Å². The van der Waals surface area contributed by atoms with Gasteiger partial charge in [0.15, 0.2) is 0 Å². The van der Waals surface area contributed by atoms with Crippen molar-refractivity contribution in [3.8, 4) is 0 Å². The molecule has 0 rings (SSSR count). The van der Waals surface area contributed by atoms with Crippen LogP contribution in [0.4, 0.5) is 39.5 Å². The number of hydrogen-bond acceptors (Lipinski definition) is 5. The monoisotopic (exact) mass is 415 g/mol. The predicted molar refractivity (Wildman–Crippen MR) is 55.9 cm³/mol. The number of hydrogen-bond donors (Lipinski definition) is 2. The molecule has 0 bridgehead atoms. The van der Waals surface area contributed by atoms with Gasteiger partial charge < -0.3 is 5.11 Å². The third-order valence-electron chi connectivity index (χ3n) is 2.26. The van der Waals surface area contributed by atoms with E-state index < -0.39 is 58.1 Å². The quantitative estimate of drug-likeness (QED) is 0.461. The highest BCUT2D eigenvalue weighted by Gasteiger charge is 2.86. The lowest BCUT2D eigenvalue weighted by molar-refractivity contribution is -0.382. The lowest BCUT2D eigenvalue weighted by atomic mass is 10.1. The number of carboxylic acid groups (broad SMARTS) is 1. The maximum absolute atomic E-state index is 13.1. The van der Waals surface area contributed by atoms with Gasteiger partial charge in [-0.2, -0.15) is 47.9 Å². The normalized spacial score (nSPS) is 14.3. The van der Waals surface area contributed by atoms with Gasteiger partial charge >= 0.3 is 39.4 Å². The summed E-state index contributed by atoms with van der Waals surface area (Å²) in [6.45, 7) is 0. The predicted octanol–water partition coefficient (Wildman–Crippen LogP) is 1.65. The summed E-state index contributed by atoms with van der Waals surface area (Å²) in [5.41, 5.74) is 0.517. The minimum absolute atomic E-state index is 0.517. The van der Waals surface area contributed by atoms with Crippen LogP contribution in [0.25, 0.3) is 0 Å². The topological polar surface area (TPSA) is 110 Å². The molecule has 0 aromatic heterocycles. The van der Waals surface area contributed by atoms with E-state index in [2.05, 4.69) is 4.28 Å². The molecule has 17 heteroatoms. The summed E-state index contributed by atoms with van der Waals surface area (Å²) in [6, 6.07) is 0. The van der Waals surface area contributed by atoms with E-state index in [0.29, 0.717) is 5.48 Å². The number of carbonyl (C=O) groups is 2. The Kier molecular flexibility index (Phi) is 6.36. The van der Waals surface area contributed by atoms with Gasteiger partial charge in [-0.15, -0.1) is 4.28 Å². The Morgan fingerprint density at radius 1 is 0.880 bits per heavy atom. The van der Waals surface area contributed by atoms with Crippen LogP contribution in [0.2, 0.25) is 0 Å². The average Bonchev–Trinajstić information content (AvgIpc) is 2.41. The lowest BCUT2D eigenvalue weighted by Crippen LogP contribution is -2.63. The minimum Gasteiger partial charge on any atom is -0.481 e. The molecule has 0 aliphatic heterocycles. The Labute approximate surface area is 131 Å². The van der Waals surface area contributed by atoms with Crippen LogP contribution in [0, 0.1) is 0 Å². The Hall–Kier alpha value is -1.78. The Morgan fingerprint density at radius 2 is 1.32 bits per heavy atom. The molecule has 25 heavy (non-hydrogen) atoms. The Morgan fingerprint density at radius 3 is 1.68 bits per heavy atom. The number of hydroxylamine groups is 1. The van der Waals surface area contributed by atoms with E-state index >= 15 is 0 Å². The summed E-state index contributed by atoms with van der Waals surface area (Å²) in [7, 11) is -7.24. The maximum atomic E-state index is 13.1. The number of carbonyl (C=O) groups excluding carboxylic acids is 1. The molecule has 0 aliphatic rings. The van der Waals surface area contributed by atoms with Crippen LogP contribution >= 0.6 is 0 Å². The van der Waals surface area contributed by atoms with E-state index in [-0.39, 0.29) is 0 Å². The zero-order valence-electron chi connectivity index (χ0n) is 11.2. The molecule has 0 fully saturated rings. The molecule has 0 saturated carbocycles. The average molecular weight is 415 g/mol. The number of nitrogens with one attached hydrogen (secondary N) is 1. The molecule has 0 spiro atoms. The molecule has 0 saturated heterocycles. The lowest BCUT2D eigenvalue weighted by Gasteiger charge is -2.32. The molecule has 7 nitrogen and oxygen atoms in total. The van der Waals surface area contributed by atoms with E-state index in [9.17, 15) is 57.5 Å². The highest BCUT2D eigenvalue weighted by molar-refractivity contribution is 7.87. The van der Waals surface area contributed by atoms with Crippen molar-refractivity contribution in [2.75, 3.05) is 0 Å². The van der Waals surface area contributed by atoms with Crippen LogP contribution in [0.1, 0.15) is 12.8 Å². The fraction of sp³-hybridized carbons (Fsp3) is 0.750. The third kappa shape index (κ3) is 4.44. The SMILES string of the molecule is O=C(O)CCC(=O)NOS(=O)(=O)C(F)(F)C(F)(F)C(F)(F)C(F)(F)F. The molecule has 0 heterocycles. The summed E-state index contributed by atoms with van der Waals surface area (Å²) in [5.74, 6) is -18.4. The molecule has 0 radical (unpaired) electrons. The van der Waals surface area contributed by atoms with Gasteiger partial charge in [-0.05, 0) is 0 Å². The number of aliphatic carboxylic acids is 1. The second-order valence-electron chi connectivity index (χ2n) is 4.12. The van der Waals surface area contributed by atoms with Crippen molar-refractivity contribution in [3.63, 3.8) is 0 Å². The number of carboxylic acids is 1. The fourth-order valence-corrected chi connectivity index (χ4v) is 1.69. The highest BCUT2D eigenvalue weighted by Crippen LogP contribution is 2.54. The summed E-state index contributed by atoms with van der Waals surface area (Å²) in [5, 5.41) is 1.02. The molecule has 0 aromatic rings. The third-order valence-corrected chi connectivity index (χ3v) is 3.45. The molecule has 0 unspecified atom stereocenters. The second-order valence-corrected chi connectivity index (χ2v) is 5.71. The molecule has 1 amide bonds. The van der Waals surface area contributed by atoms with E-state index in [4.69, 9.17) is 5.11 Å². The van der Waals surface area contributed by atoms with E-state index in [1.807, 2.05) is 0 Å². The first-order chi connectivity index (χ1) is 10.8. The molecule has 2 N–H and O–H groups in total. The van der Waals surface area contributed by atoms with E-state index in [1.165, 1.54) is 0 Å². The molecule has 0 aliphatic carbocycles. The summed E-state index contributed by atoms with van der Waals surface area (Å²) < 4.78 is 137. The van der Waals surface area contributed by atoms with Crippen molar-refractivity contribution in [1.29, 1.82) is 0 Å². The summed E-state index contributed by atoms with van der Waals surface area (Å²) >= 11 is 0. The standard InChI is InChI=1S/C8H6F9NO6S/c9-5(10,7(13,14)15)6(11,12)8(16,17)25(22,23)24-18-3(19)1-2-4(20)21/h1-2H2,(H,18,19)(H,20,21). The molecular formula is C8H6F9NO6S. The zero-order valence-corrected chi connectivity index (χ0v) is 12.0. The summed E-state index contributed by atoms with van der Waals surface area (Å²) in [4.78, 5) is 20.9. The van der Waals surface area contributed by atoms with Crippen LogP contribution < -0.4 is 5.48 Å². The molecule has 148 valence electrons. The number of alkyl halides is 9. The van der Waals surface area contributed by atoms with Crippen molar-refractivity contribution in [1.82, 2.24) is 5.48 Å².